The van der Waals surface area contributed by atoms with E-state index in [-0.39, 0.29) is 18.5 Å². The first kappa shape index (κ1) is 16.7. The fraction of sp³-hybridized carbons (Fsp3) is 0.882. The highest BCUT2D eigenvalue weighted by atomic mass is 16.4. The van der Waals surface area contributed by atoms with E-state index in [1.165, 1.54) is 6.42 Å². The highest BCUT2D eigenvalue weighted by molar-refractivity contribution is 5.80. The van der Waals surface area contributed by atoms with Crippen molar-refractivity contribution in [2.75, 3.05) is 13.1 Å². The molecule has 0 radical (unpaired) electrons. The van der Waals surface area contributed by atoms with Crippen molar-refractivity contribution in [3.8, 4) is 0 Å². The maximum atomic E-state index is 12.4. The zero-order chi connectivity index (χ0) is 16.4. The first-order chi connectivity index (χ1) is 11.1. The first-order valence-electron chi connectivity index (χ1n) is 9.02. The summed E-state index contributed by atoms with van der Waals surface area (Å²) in [5, 5.41) is 22.9. The lowest BCUT2D eigenvalue weighted by atomic mass is 9.67. The van der Waals surface area contributed by atoms with Crippen molar-refractivity contribution < 1.29 is 19.8 Å². The molecule has 3 rings (SSSR count). The highest BCUT2D eigenvalue weighted by Crippen LogP contribution is 2.45. The molecular formula is C17H28N2O4. The minimum Gasteiger partial charge on any atom is -0.480 e. The zero-order valence-electron chi connectivity index (χ0n) is 13.7. The van der Waals surface area contributed by atoms with Gasteiger partial charge in [0.2, 0.25) is 0 Å². The van der Waals surface area contributed by atoms with Crippen LogP contribution >= 0.6 is 0 Å². The molecule has 0 bridgehead atoms. The van der Waals surface area contributed by atoms with Crippen LogP contribution in [0.5, 0.6) is 0 Å². The van der Waals surface area contributed by atoms with Gasteiger partial charge in [-0.3, -0.25) is 15.0 Å². The third kappa shape index (κ3) is 2.98. The van der Waals surface area contributed by atoms with Crippen LogP contribution in [0.25, 0.3) is 0 Å². The Labute approximate surface area is 137 Å². The molecule has 1 heterocycles. The third-order valence-corrected chi connectivity index (χ3v) is 6.21. The number of piperidine rings is 1. The van der Waals surface area contributed by atoms with E-state index in [0.29, 0.717) is 12.5 Å². The van der Waals surface area contributed by atoms with Crippen molar-refractivity contribution in [3.05, 3.63) is 0 Å². The number of carbonyl (C=O) groups is 2. The third-order valence-electron chi connectivity index (χ3n) is 6.21. The molecule has 0 aromatic heterocycles. The minimum absolute atomic E-state index is 0.0162. The van der Waals surface area contributed by atoms with Crippen molar-refractivity contribution in [3.63, 3.8) is 0 Å². The van der Waals surface area contributed by atoms with Crippen molar-refractivity contribution in [2.24, 2.45) is 11.8 Å². The summed E-state index contributed by atoms with van der Waals surface area (Å²) < 4.78 is 0. The molecule has 23 heavy (non-hydrogen) atoms. The van der Waals surface area contributed by atoms with Crippen molar-refractivity contribution in [1.82, 2.24) is 10.2 Å². The molecule has 3 atom stereocenters. The van der Waals surface area contributed by atoms with Crippen LogP contribution in [0.3, 0.4) is 0 Å². The lowest BCUT2D eigenvalue weighted by molar-refractivity contribution is -0.174. The van der Waals surface area contributed by atoms with Gasteiger partial charge in [-0.05, 0) is 44.6 Å². The molecule has 2 aliphatic carbocycles. The summed E-state index contributed by atoms with van der Waals surface area (Å²) in [6.07, 6.45) is 9.10. The number of nitrogens with one attached hydrogen (secondary N) is 1. The van der Waals surface area contributed by atoms with E-state index >= 15 is 0 Å². The van der Waals surface area contributed by atoms with Crippen LogP contribution in [0, 0.1) is 11.8 Å². The van der Waals surface area contributed by atoms with E-state index in [1.807, 2.05) is 0 Å². The summed E-state index contributed by atoms with van der Waals surface area (Å²) in [6.45, 7) is 0.476. The maximum absolute atomic E-state index is 12.4. The second-order valence-corrected chi connectivity index (χ2v) is 7.40. The number of carboxylic acid groups (broad SMARTS) is 2. The van der Waals surface area contributed by atoms with E-state index in [9.17, 15) is 19.8 Å². The van der Waals surface area contributed by atoms with Crippen LogP contribution in [0.15, 0.2) is 0 Å². The Bertz CT molecular complexity index is 462. The fourth-order valence-corrected chi connectivity index (χ4v) is 5.26. The average molecular weight is 324 g/mol. The Morgan fingerprint density at radius 3 is 2.30 bits per heavy atom. The number of carboxylic acids is 2. The van der Waals surface area contributed by atoms with Crippen LogP contribution in [-0.4, -0.2) is 51.8 Å². The number of fused-ring (bicyclic) bond motifs is 1. The van der Waals surface area contributed by atoms with Gasteiger partial charge in [-0.15, -0.1) is 0 Å². The molecule has 1 saturated heterocycles. The molecule has 3 unspecified atom stereocenters. The van der Waals surface area contributed by atoms with Gasteiger partial charge in [-0.25, -0.2) is 4.79 Å². The topological polar surface area (TPSA) is 89.9 Å². The zero-order valence-corrected chi connectivity index (χ0v) is 13.7. The SMILES string of the molecule is O=C(O)CN(C1CCCC1)C1(C(=O)O)NCCC2CCCCC21. The van der Waals surface area contributed by atoms with Crippen LogP contribution in [0.2, 0.25) is 0 Å². The average Bonchev–Trinajstić information content (AvgIpc) is 3.05. The smallest absolute Gasteiger partial charge is 0.339 e. The van der Waals surface area contributed by atoms with Crippen molar-refractivity contribution in [1.29, 1.82) is 0 Å². The molecule has 130 valence electrons. The molecule has 0 aromatic rings. The summed E-state index contributed by atoms with van der Waals surface area (Å²) in [6, 6.07) is 0.0652. The predicted octanol–water partition coefficient (Wildman–Crippen LogP) is 1.90. The largest absolute Gasteiger partial charge is 0.480 e. The fourth-order valence-electron chi connectivity index (χ4n) is 5.26. The van der Waals surface area contributed by atoms with Gasteiger partial charge in [-0.2, -0.15) is 0 Å². The lowest BCUT2D eigenvalue weighted by Gasteiger charge is -2.54. The highest BCUT2D eigenvalue weighted by Gasteiger charge is 2.57. The molecule has 0 amide bonds. The van der Waals surface area contributed by atoms with Crippen LogP contribution in [0.1, 0.15) is 57.8 Å². The van der Waals surface area contributed by atoms with Gasteiger partial charge in [0.25, 0.3) is 0 Å². The number of nitrogens with zero attached hydrogens (tertiary/aromatic N) is 1. The standard InChI is InChI=1S/C17H28N2O4/c20-15(21)11-19(13-6-2-3-7-13)17(16(22)23)14-8-4-1-5-12(14)9-10-18-17/h12-14,18H,1-11H2,(H,20,21)(H,22,23). The van der Waals surface area contributed by atoms with E-state index in [1.54, 1.807) is 4.90 Å². The Morgan fingerprint density at radius 2 is 1.65 bits per heavy atom. The lowest BCUT2D eigenvalue weighted by Crippen LogP contribution is -2.74. The van der Waals surface area contributed by atoms with Crippen LogP contribution in [0.4, 0.5) is 0 Å². The number of rotatable bonds is 5. The summed E-state index contributed by atoms with van der Waals surface area (Å²) in [5.41, 5.74) is -1.20. The normalized spacial score (nSPS) is 35.2. The van der Waals surface area contributed by atoms with E-state index in [0.717, 1.165) is 51.4 Å². The monoisotopic (exact) mass is 324 g/mol. The molecule has 0 spiro atoms. The first-order valence-corrected chi connectivity index (χ1v) is 9.02. The number of hydrogen-bond acceptors (Lipinski definition) is 4. The van der Waals surface area contributed by atoms with Crippen molar-refractivity contribution in [2.45, 2.75) is 69.5 Å². The van der Waals surface area contributed by atoms with Gasteiger partial charge in [0.15, 0.2) is 5.66 Å². The van der Waals surface area contributed by atoms with Gasteiger partial charge in [0.1, 0.15) is 0 Å². The van der Waals surface area contributed by atoms with E-state index in [4.69, 9.17) is 0 Å². The molecule has 3 N–H and O–H groups in total. The predicted molar refractivity (Wildman–Crippen MR) is 85.0 cm³/mol. The second-order valence-electron chi connectivity index (χ2n) is 7.40. The number of aliphatic carboxylic acids is 2. The number of hydrogen-bond donors (Lipinski definition) is 3. The Hall–Kier alpha value is -1.14. The van der Waals surface area contributed by atoms with Crippen LogP contribution in [-0.2, 0) is 9.59 Å². The second kappa shape index (κ2) is 6.77. The van der Waals surface area contributed by atoms with Gasteiger partial charge >= 0.3 is 11.9 Å². The van der Waals surface area contributed by atoms with Crippen molar-refractivity contribution >= 4 is 11.9 Å². The molecule has 6 heteroatoms. The summed E-state index contributed by atoms with van der Waals surface area (Å²) in [7, 11) is 0. The van der Waals surface area contributed by atoms with Gasteiger partial charge in [0, 0.05) is 12.0 Å². The van der Waals surface area contributed by atoms with Gasteiger partial charge < -0.3 is 10.2 Å². The van der Waals surface area contributed by atoms with Gasteiger partial charge in [-0.1, -0.05) is 25.7 Å². The van der Waals surface area contributed by atoms with Gasteiger partial charge in [0.05, 0.1) is 6.54 Å². The molecular weight excluding hydrogens is 296 g/mol. The molecule has 1 aliphatic heterocycles. The van der Waals surface area contributed by atoms with E-state index < -0.39 is 17.6 Å². The summed E-state index contributed by atoms with van der Waals surface area (Å²) in [5.74, 6) is -1.40. The molecule has 3 aliphatic rings. The molecule has 0 aromatic carbocycles. The molecule has 3 fully saturated rings. The summed E-state index contributed by atoms with van der Waals surface area (Å²) >= 11 is 0. The Morgan fingerprint density at radius 1 is 1.00 bits per heavy atom. The Kier molecular flexibility index (Phi) is 4.92. The quantitative estimate of drug-likeness (QED) is 0.715. The minimum atomic E-state index is -1.20. The molecule has 6 nitrogen and oxygen atoms in total. The maximum Gasteiger partial charge on any atom is 0.339 e. The van der Waals surface area contributed by atoms with Crippen LogP contribution < -0.4 is 5.32 Å². The van der Waals surface area contributed by atoms with E-state index in [2.05, 4.69) is 5.32 Å². The Balaban J connectivity index is 1.98. The summed E-state index contributed by atoms with van der Waals surface area (Å²) in [4.78, 5) is 25.7. The molecule has 2 saturated carbocycles.